The second-order valence-electron chi connectivity index (χ2n) is 19.9. The molecular weight excluding hydrogens is 1100 g/mol. The smallest absolute Gasteiger partial charge is 0.329 e. The first-order chi connectivity index (χ1) is 32.5. The Bertz CT molecular complexity index is 1870. The predicted octanol–water partition coefficient (Wildman–Crippen LogP) is 5.54. The molecule has 1 aliphatic carbocycles. The quantitative estimate of drug-likeness (QED) is 0.0948. The van der Waals surface area contributed by atoms with E-state index in [2.05, 4.69) is 0 Å². The molecule has 2 saturated heterocycles. The molecule has 0 radical (unpaired) electrons. The minimum absolute atomic E-state index is 0. The Morgan fingerprint density at radius 1 is 0.857 bits per heavy atom. The van der Waals surface area contributed by atoms with Gasteiger partial charge in [0.1, 0.15) is 30.1 Å². The van der Waals surface area contributed by atoms with E-state index in [1.54, 1.807) is 41.1 Å². The SMILES string of the molecule is CO[C@H]1C[C@@H]2CC[C@@H](C)[C@@](O)(O2)C(=O)C(=O)N2CCCCC2C(=O)O[C@H]([C@H](C)C[C@@H]2CC[C@@H](O)[C@H](OC)C2)CC(=O)[C@H](C)/C=C(\C)[C@@H](O)[C@@H](OC)C(=O)[C@H](C)C[C@H](C)/C=C/C=CC=C1C.O=[PH](O)O.[W]. The van der Waals surface area contributed by atoms with Crippen molar-refractivity contribution in [1.82, 2.24) is 4.90 Å². The van der Waals surface area contributed by atoms with Crippen molar-refractivity contribution >= 4 is 37.5 Å². The molecule has 5 N–H and O–H groups in total. The molecular formula is C51H82NO16PW. The molecule has 70 heavy (non-hydrogen) atoms. The van der Waals surface area contributed by atoms with Gasteiger partial charge in [0.2, 0.25) is 5.79 Å². The minimum Gasteiger partial charge on any atom is -0.460 e. The Balaban J connectivity index is 0.00000323. The third-order valence-corrected chi connectivity index (χ3v) is 14.5. The van der Waals surface area contributed by atoms with Crippen molar-refractivity contribution in [2.45, 2.75) is 180 Å². The Morgan fingerprint density at radius 3 is 2.16 bits per heavy atom. The number of amides is 1. The number of nitrogens with zero attached hydrogens (tertiary/aromatic N) is 1. The summed E-state index contributed by atoms with van der Waals surface area (Å²) in [6.07, 6.45) is 11.2. The second kappa shape index (κ2) is 30.6. The number of hydrogen-bond donors (Lipinski definition) is 5. The molecule has 0 aromatic rings. The van der Waals surface area contributed by atoms with Gasteiger partial charge in [0, 0.05) is 79.5 Å². The number of carbonyl (C=O) groups excluding carboxylic acids is 5. The number of carbonyl (C=O) groups is 5. The van der Waals surface area contributed by atoms with E-state index in [1.165, 1.54) is 12.0 Å². The monoisotopic (exact) mass is 1180 g/mol. The van der Waals surface area contributed by atoms with Crippen molar-refractivity contribution in [3.05, 3.63) is 47.6 Å². The Morgan fingerprint density at radius 2 is 1.53 bits per heavy atom. The van der Waals surface area contributed by atoms with Gasteiger partial charge in [-0.3, -0.25) is 23.7 Å². The number of hydrogen-bond acceptors (Lipinski definition) is 14. The van der Waals surface area contributed by atoms with E-state index >= 15 is 0 Å². The molecule has 3 fully saturated rings. The number of cyclic esters (lactones) is 1. The number of Topliss-reactive ketones (excluding diaryl/α,β-unsaturated/α-hetero) is 3. The molecule has 1 amide bonds. The van der Waals surface area contributed by atoms with Crippen molar-refractivity contribution < 1.29 is 98.4 Å². The molecule has 3 aliphatic heterocycles. The van der Waals surface area contributed by atoms with E-state index < -0.39 is 92.1 Å². The summed E-state index contributed by atoms with van der Waals surface area (Å²) in [5, 5.41) is 33.8. The van der Waals surface area contributed by atoms with Gasteiger partial charge in [-0.1, -0.05) is 71.1 Å². The average Bonchev–Trinajstić information content (AvgIpc) is 3.30. The van der Waals surface area contributed by atoms with Crippen LogP contribution in [-0.4, -0.2) is 142 Å². The molecule has 0 aromatic carbocycles. The van der Waals surface area contributed by atoms with Gasteiger partial charge in [0.05, 0.1) is 24.4 Å². The first-order valence-corrected chi connectivity index (χ1v) is 25.9. The molecule has 1 saturated carbocycles. The van der Waals surface area contributed by atoms with Crippen molar-refractivity contribution in [3.8, 4) is 0 Å². The molecule has 3 heterocycles. The van der Waals surface area contributed by atoms with Crippen LogP contribution >= 0.6 is 8.25 Å². The van der Waals surface area contributed by atoms with Crippen molar-refractivity contribution in [1.29, 1.82) is 0 Å². The van der Waals surface area contributed by atoms with Crippen LogP contribution in [0.25, 0.3) is 0 Å². The third kappa shape index (κ3) is 18.4. The van der Waals surface area contributed by atoms with Gasteiger partial charge in [-0.05, 0) is 107 Å². The first kappa shape index (κ1) is 63.6. The van der Waals surface area contributed by atoms with Gasteiger partial charge in [0.25, 0.3) is 11.7 Å². The van der Waals surface area contributed by atoms with Gasteiger partial charge in [-0.15, -0.1) is 0 Å². The number of piperidine rings is 1. The van der Waals surface area contributed by atoms with Crippen molar-refractivity contribution in [2.75, 3.05) is 27.9 Å². The summed E-state index contributed by atoms with van der Waals surface area (Å²) in [6, 6.07) is -1.14. The molecule has 4 rings (SSSR count). The summed E-state index contributed by atoms with van der Waals surface area (Å²) in [5.74, 6) is -7.96. The minimum atomic E-state index is -3.13. The van der Waals surface area contributed by atoms with Gasteiger partial charge in [-0.2, -0.15) is 0 Å². The molecule has 2 bridgehead atoms. The normalized spacial score (nSPS) is 36.8. The van der Waals surface area contributed by atoms with E-state index in [0.29, 0.717) is 63.4 Å². The van der Waals surface area contributed by atoms with Crippen LogP contribution in [0.5, 0.6) is 0 Å². The molecule has 19 heteroatoms. The average molecular weight is 1180 g/mol. The summed E-state index contributed by atoms with van der Waals surface area (Å²) in [4.78, 5) is 86.1. The zero-order valence-corrected chi connectivity index (χ0v) is 46.8. The number of ether oxygens (including phenoxy) is 5. The Hall–Kier alpha value is -2.53. The Kier molecular flexibility index (Phi) is 27.8. The van der Waals surface area contributed by atoms with Crippen LogP contribution in [0.15, 0.2) is 47.6 Å². The van der Waals surface area contributed by atoms with Crippen LogP contribution in [0.3, 0.4) is 0 Å². The van der Waals surface area contributed by atoms with Crippen LogP contribution < -0.4 is 0 Å². The molecule has 1 unspecified atom stereocenters. The number of aliphatic hydroxyl groups is 3. The topological polar surface area (TPSA) is 253 Å². The fourth-order valence-corrected chi connectivity index (χ4v) is 10.1. The van der Waals surface area contributed by atoms with E-state index in [0.717, 1.165) is 12.0 Å². The van der Waals surface area contributed by atoms with Crippen molar-refractivity contribution in [2.24, 2.45) is 35.5 Å². The molecule has 4 aliphatic rings. The predicted molar refractivity (Wildman–Crippen MR) is 259 cm³/mol. The number of fused-ring (bicyclic) bond motifs is 3. The molecule has 398 valence electrons. The standard InChI is InChI=1S/C51H79NO13.H3O3P.W/c1-30-16-12-11-13-17-31(2)42(61-8)28-38-21-19-36(7)51(60,65-38)48(57)49(58)52-23-15-14-18-39(52)50(59)64-43(33(4)26-37-20-22-40(53)44(27-37)62-9)29-41(54)32(3)25-35(6)46(56)47(63-10)45(55)34(5)24-30;1-4(2)3;/h11-13,16-17,25,30,32-34,36-40,42-44,46-47,53,56,60H,14-15,18-24,26-29H2,1-10H3;4H,(H2,1,2,3);/b13-11?,16-12+,31-17?,35-25+;;/t30-,32-,33-,34-,36-,37+,38+,39?,40-,42+,43+,44-,46-,47+,51-;;/m1../s1. The summed E-state index contributed by atoms with van der Waals surface area (Å²) < 4.78 is 38.1. The van der Waals surface area contributed by atoms with E-state index in [-0.39, 0.29) is 75.9 Å². The molecule has 17 nitrogen and oxygen atoms in total. The van der Waals surface area contributed by atoms with Crippen LogP contribution in [0, 0.1) is 35.5 Å². The van der Waals surface area contributed by atoms with E-state index in [1.807, 2.05) is 58.1 Å². The second-order valence-corrected chi connectivity index (χ2v) is 20.4. The van der Waals surface area contributed by atoms with Gasteiger partial charge in [-0.25, -0.2) is 4.79 Å². The summed E-state index contributed by atoms with van der Waals surface area (Å²) in [7, 11) is 1.39. The zero-order valence-electron chi connectivity index (χ0n) is 42.8. The maximum absolute atomic E-state index is 14.4. The maximum Gasteiger partial charge on any atom is 0.329 e. The fraction of sp³-hybridized carbons (Fsp3) is 0.745. The molecule has 0 spiro atoms. The van der Waals surface area contributed by atoms with Crippen molar-refractivity contribution in [3.63, 3.8) is 0 Å². The maximum atomic E-state index is 14.4. The van der Waals surface area contributed by atoms with E-state index in [9.17, 15) is 39.3 Å². The Labute approximate surface area is 430 Å². The number of allylic oxidation sites excluding steroid dienone is 6. The van der Waals surface area contributed by atoms with Crippen LogP contribution in [0.2, 0.25) is 0 Å². The molecule has 0 aromatic heterocycles. The van der Waals surface area contributed by atoms with Crippen LogP contribution in [0.1, 0.15) is 126 Å². The number of rotatable bonds is 6. The zero-order chi connectivity index (χ0) is 51.7. The van der Waals surface area contributed by atoms with Crippen LogP contribution in [0.4, 0.5) is 0 Å². The summed E-state index contributed by atoms with van der Waals surface area (Å²) >= 11 is 0. The third-order valence-electron chi connectivity index (χ3n) is 14.5. The number of aliphatic hydroxyl groups excluding tert-OH is 2. The van der Waals surface area contributed by atoms with Gasteiger partial charge >= 0.3 is 14.2 Å². The van der Waals surface area contributed by atoms with E-state index in [4.69, 9.17) is 38.0 Å². The summed E-state index contributed by atoms with van der Waals surface area (Å²) in [6.45, 7) is 12.7. The summed E-state index contributed by atoms with van der Waals surface area (Å²) in [5.41, 5.74) is 1.27. The van der Waals surface area contributed by atoms with Crippen LogP contribution in [-0.2, 0) is 73.3 Å². The van der Waals surface area contributed by atoms with Gasteiger partial charge in [0.15, 0.2) is 5.78 Å². The number of methoxy groups -OCH3 is 3. The fourth-order valence-electron chi connectivity index (χ4n) is 10.1. The molecule has 15 atom stereocenters. The number of ketones is 3. The van der Waals surface area contributed by atoms with Gasteiger partial charge < -0.3 is 53.7 Å². The first-order valence-electron chi connectivity index (χ1n) is 24.6. The number of esters is 1. The largest absolute Gasteiger partial charge is 0.460 e.